The summed E-state index contributed by atoms with van der Waals surface area (Å²) in [6.45, 7) is 2.28. The van der Waals surface area contributed by atoms with Crippen molar-refractivity contribution in [1.29, 1.82) is 0 Å². The predicted molar refractivity (Wildman–Crippen MR) is 148 cm³/mol. The number of carbonyl (C=O) groups is 1. The van der Waals surface area contributed by atoms with Gasteiger partial charge < -0.3 is 10.1 Å². The third-order valence-electron chi connectivity index (χ3n) is 6.25. The highest BCUT2D eigenvalue weighted by Gasteiger charge is 2.21. The van der Waals surface area contributed by atoms with Gasteiger partial charge in [-0.05, 0) is 66.3 Å². The largest absolute Gasteiger partial charge is 0.495 e. The number of nitrogens with one attached hydrogen (secondary N) is 1. The van der Waals surface area contributed by atoms with E-state index >= 15 is 0 Å². The molecule has 0 aromatic heterocycles. The number of hydrogen-bond acceptors (Lipinski definition) is 4. The van der Waals surface area contributed by atoms with E-state index in [2.05, 4.69) is 5.32 Å². The van der Waals surface area contributed by atoms with Crippen LogP contribution in [0.4, 0.5) is 8.78 Å². The minimum absolute atomic E-state index is 0.0819. The zero-order valence-electron chi connectivity index (χ0n) is 21.7. The van der Waals surface area contributed by atoms with Crippen molar-refractivity contribution in [3.63, 3.8) is 0 Å². The van der Waals surface area contributed by atoms with Crippen LogP contribution in [0.3, 0.4) is 0 Å². The summed E-state index contributed by atoms with van der Waals surface area (Å²) in [5.74, 6) is -2.10. The molecule has 0 atom stereocenters. The average Bonchev–Trinajstić information content (AvgIpc) is 2.90. The minimum Gasteiger partial charge on any atom is -0.495 e. The lowest BCUT2D eigenvalue weighted by atomic mass is 10.0. The van der Waals surface area contributed by atoms with Crippen molar-refractivity contribution in [1.82, 2.24) is 5.32 Å². The van der Waals surface area contributed by atoms with Gasteiger partial charge in [0.15, 0.2) is 9.84 Å². The van der Waals surface area contributed by atoms with E-state index in [-0.39, 0.29) is 22.0 Å². The Kier molecular flexibility index (Phi) is 8.76. The highest BCUT2D eigenvalue weighted by atomic mass is 32.2. The van der Waals surface area contributed by atoms with E-state index in [0.717, 1.165) is 34.4 Å². The molecule has 0 fully saturated rings. The first kappa shape index (κ1) is 28.0. The summed E-state index contributed by atoms with van der Waals surface area (Å²) in [7, 11) is -2.28. The number of amides is 1. The molecular weight excluding hydrogens is 520 g/mol. The molecule has 0 spiro atoms. The Labute approximate surface area is 227 Å². The Morgan fingerprint density at radius 1 is 0.846 bits per heavy atom. The zero-order chi connectivity index (χ0) is 28.0. The molecule has 4 aromatic carbocycles. The van der Waals surface area contributed by atoms with Crippen molar-refractivity contribution in [2.75, 3.05) is 13.7 Å². The Balaban J connectivity index is 1.43. The lowest BCUT2D eigenvalue weighted by Crippen LogP contribution is -2.25. The number of hydrogen-bond donors (Lipinski definition) is 1. The third kappa shape index (κ3) is 7.29. The van der Waals surface area contributed by atoms with Crippen LogP contribution in [-0.4, -0.2) is 28.0 Å². The van der Waals surface area contributed by atoms with Gasteiger partial charge in [-0.1, -0.05) is 60.2 Å². The summed E-state index contributed by atoms with van der Waals surface area (Å²) in [5.41, 5.74) is 4.25. The summed E-state index contributed by atoms with van der Waals surface area (Å²) in [6.07, 6.45) is 1.14. The lowest BCUT2D eigenvalue weighted by Gasteiger charge is -2.13. The molecule has 8 heteroatoms. The standard InChI is InChI=1S/C31H29F2NO4S/c1-21-6-3-10-24(14-21)25-11-12-29(38-2)30(18-25)39(36,37)20-23-8-4-7-22(15-23)9-5-13-34-31(35)26-16-27(32)19-28(33)17-26/h3-4,6-8,10-12,14-19H,5,9,13,20H2,1-2H3,(H,34,35). The van der Waals surface area contributed by atoms with Crippen LogP contribution in [0.25, 0.3) is 11.1 Å². The molecule has 0 aliphatic carbocycles. The van der Waals surface area contributed by atoms with Crippen LogP contribution in [0.1, 0.15) is 33.5 Å². The van der Waals surface area contributed by atoms with Gasteiger partial charge in [-0.25, -0.2) is 17.2 Å². The van der Waals surface area contributed by atoms with E-state index in [1.165, 1.54) is 7.11 Å². The van der Waals surface area contributed by atoms with Gasteiger partial charge in [0.25, 0.3) is 5.91 Å². The number of halogens is 2. The topological polar surface area (TPSA) is 72.5 Å². The van der Waals surface area contributed by atoms with Crippen LogP contribution in [0, 0.1) is 18.6 Å². The quantitative estimate of drug-likeness (QED) is 0.236. The molecule has 5 nitrogen and oxygen atoms in total. The first-order valence-corrected chi connectivity index (χ1v) is 14.1. The van der Waals surface area contributed by atoms with E-state index in [9.17, 15) is 22.0 Å². The van der Waals surface area contributed by atoms with E-state index in [0.29, 0.717) is 31.0 Å². The highest BCUT2D eigenvalue weighted by Crippen LogP contribution is 2.32. The first-order valence-electron chi connectivity index (χ1n) is 12.4. The normalized spacial score (nSPS) is 11.3. The second-order valence-corrected chi connectivity index (χ2v) is 11.3. The van der Waals surface area contributed by atoms with E-state index < -0.39 is 27.4 Å². The molecule has 4 rings (SSSR count). The average molecular weight is 550 g/mol. The summed E-state index contributed by atoms with van der Waals surface area (Å²) < 4.78 is 59.0. The summed E-state index contributed by atoms with van der Waals surface area (Å²) in [6, 6.07) is 23.0. The van der Waals surface area contributed by atoms with Crippen LogP contribution in [0.5, 0.6) is 5.75 Å². The Morgan fingerprint density at radius 3 is 2.26 bits per heavy atom. The van der Waals surface area contributed by atoms with Gasteiger partial charge in [0, 0.05) is 18.2 Å². The number of benzene rings is 4. The maximum Gasteiger partial charge on any atom is 0.251 e. The van der Waals surface area contributed by atoms with Crippen molar-refractivity contribution in [2.45, 2.75) is 30.4 Å². The SMILES string of the molecule is COc1ccc(-c2cccc(C)c2)cc1S(=O)(=O)Cc1cccc(CCCNC(=O)c2cc(F)cc(F)c2)c1. The second-order valence-electron chi connectivity index (χ2n) is 9.33. The van der Waals surface area contributed by atoms with Gasteiger partial charge in [-0.2, -0.15) is 0 Å². The van der Waals surface area contributed by atoms with Gasteiger partial charge in [-0.3, -0.25) is 4.79 Å². The zero-order valence-corrected chi connectivity index (χ0v) is 22.5. The van der Waals surface area contributed by atoms with Crippen molar-refractivity contribution in [3.8, 4) is 16.9 Å². The molecular formula is C31H29F2NO4S. The molecule has 0 bridgehead atoms. The number of aryl methyl sites for hydroxylation is 2. The second kappa shape index (κ2) is 12.2. The summed E-state index contributed by atoms with van der Waals surface area (Å²) >= 11 is 0. The van der Waals surface area contributed by atoms with Gasteiger partial charge in [0.05, 0.1) is 12.9 Å². The Morgan fingerprint density at radius 2 is 1.54 bits per heavy atom. The van der Waals surface area contributed by atoms with E-state index in [4.69, 9.17) is 4.74 Å². The molecule has 0 unspecified atom stereocenters. The van der Waals surface area contributed by atoms with E-state index in [1.54, 1.807) is 24.3 Å². The van der Waals surface area contributed by atoms with E-state index in [1.807, 2.05) is 49.4 Å². The minimum atomic E-state index is -3.73. The number of carbonyl (C=O) groups excluding carboxylic acids is 1. The highest BCUT2D eigenvalue weighted by molar-refractivity contribution is 7.90. The molecule has 1 N–H and O–H groups in total. The molecule has 0 aliphatic heterocycles. The molecule has 1 amide bonds. The van der Waals surface area contributed by atoms with Crippen LogP contribution >= 0.6 is 0 Å². The van der Waals surface area contributed by atoms with Crippen LogP contribution in [0.2, 0.25) is 0 Å². The summed E-state index contributed by atoms with van der Waals surface area (Å²) in [4.78, 5) is 12.3. The number of ether oxygens (including phenoxy) is 1. The van der Waals surface area contributed by atoms with Crippen molar-refractivity contribution in [3.05, 3.63) is 119 Å². The fourth-order valence-corrected chi connectivity index (χ4v) is 5.92. The predicted octanol–water partition coefficient (Wildman–Crippen LogP) is 6.29. The monoisotopic (exact) mass is 549 g/mol. The lowest BCUT2D eigenvalue weighted by molar-refractivity contribution is 0.0952. The summed E-state index contributed by atoms with van der Waals surface area (Å²) in [5, 5.41) is 2.65. The Hall–Kier alpha value is -4.04. The molecule has 0 radical (unpaired) electrons. The fraction of sp³-hybridized carbons (Fsp3) is 0.194. The molecule has 0 saturated heterocycles. The van der Waals surface area contributed by atoms with Crippen LogP contribution in [-0.2, 0) is 22.0 Å². The number of rotatable bonds is 10. The smallest absolute Gasteiger partial charge is 0.251 e. The molecule has 0 aliphatic rings. The first-order chi connectivity index (χ1) is 18.6. The third-order valence-corrected chi connectivity index (χ3v) is 7.95. The Bertz CT molecular complexity index is 1580. The van der Waals surface area contributed by atoms with Crippen molar-refractivity contribution < 1.29 is 26.7 Å². The van der Waals surface area contributed by atoms with Crippen LogP contribution < -0.4 is 10.1 Å². The van der Waals surface area contributed by atoms with Crippen molar-refractivity contribution >= 4 is 15.7 Å². The fourth-order valence-electron chi connectivity index (χ4n) is 4.38. The maximum absolute atomic E-state index is 13.5. The molecule has 0 heterocycles. The maximum atomic E-state index is 13.5. The van der Waals surface area contributed by atoms with Gasteiger partial charge in [0.2, 0.25) is 0 Å². The molecule has 4 aromatic rings. The number of sulfone groups is 1. The molecule has 0 saturated carbocycles. The van der Waals surface area contributed by atoms with Gasteiger partial charge in [0.1, 0.15) is 22.3 Å². The van der Waals surface area contributed by atoms with Crippen molar-refractivity contribution in [2.24, 2.45) is 0 Å². The van der Waals surface area contributed by atoms with Gasteiger partial charge in [-0.15, -0.1) is 0 Å². The van der Waals surface area contributed by atoms with Gasteiger partial charge >= 0.3 is 0 Å². The number of methoxy groups -OCH3 is 1. The molecule has 202 valence electrons. The van der Waals surface area contributed by atoms with Crippen LogP contribution in [0.15, 0.2) is 89.8 Å². The molecule has 39 heavy (non-hydrogen) atoms.